The maximum atomic E-state index is 12.6. The van der Waals surface area contributed by atoms with E-state index in [1.165, 1.54) is 12.1 Å². The summed E-state index contributed by atoms with van der Waals surface area (Å²) in [5.41, 5.74) is 1.18. The van der Waals surface area contributed by atoms with E-state index in [-0.39, 0.29) is 24.0 Å². The highest BCUT2D eigenvalue weighted by atomic mass is 127. The number of guanidine groups is 1. The molecule has 0 saturated heterocycles. The molecule has 2 rings (SSSR count). The quantitative estimate of drug-likeness (QED) is 0.346. The van der Waals surface area contributed by atoms with Gasteiger partial charge in [-0.1, -0.05) is 12.1 Å². The van der Waals surface area contributed by atoms with Crippen LogP contribution >= 0.6 is 35.3 Å². The van der Waals surface area contributed by atoms with Crippen molar-refractivity contribution >= 4 is 41.3 Å². The monoisotopic (exact) mass is 512 g/mol. The average Bonchev–Trinajstić information content (AvgIpc) is 2.99. The summed E-state index contributed by atoms with van der Waals surface area (Å²) in [5, 5.41) is 6.28. The molecule has 0 aliphatic rings. The normalized spacial score (nSPS) is 11.9. The Balaban J connectivity index is 0.00000364. The van der Waals surface area contributed by atoms with Crippen molar-refractivity contribution in [3.63, 3.8) is 0 Å². The molecule has 0 aliphatic carbocycles. The number of nitrogens with one attached hydrogen (secondary N) is 1. The van der Waals surface area contributed by atoms with Gasteiger partial charge in [0.05, 0.1) is 16.3 Å². The topological polar surface area (TPSA) is 40.5 Å². The molecule has 150 valence electrons. The second-order valence-electron chi connectivity index (χ2n) is 5.89. The van der Waals surface area contributed by atoms with Crippen molar-refractivity contribution in [2.45, 2.75) is 33.0 Å². The largest absolute Gasteiger partial charge is 0.416 e. The average molecular weight is 512 g/mol. The zero-order chi connectivity index (χ0) is 19.2. The lowest BCUT2D eigenvalue weighted by Crippen LogP contribution is -2.38. The first-order valence-electron chi connectivity index (χ1n) is 8.36. The number of aryl methyl sites for hydroxylation is 1. The van der Waals surface area contributed by atoms with Crippen molar-refractivity contribution in [2.24, 2.45) is 4.99 Å². The fourth-order valence-corrected chi connectivity index (χ4v) is 3.06. The van der Waals surface area contributed by atoms with Crippen LogP contribution in [0.5, 0.6) is 0 Å². The molecule has 0 fully saturated rings. The maximum Gasteiger partial charge on any atom is 0.416 e. The first-order chi connectivity index (χ1) is 12.3. The highest BCUT2D eigenvalue weighted by Crippen LogP contribution is 2.29. The summed E-state index contributed by atoms with van der Waals surface area (Å²) in [6.45, 7) is 5.74. The molecular weight excluding hydrogens is 488 g/mol. The molecule has 0 unspecified atom stereocenters. The second-order valence-corrected chi connectivity index (χ2v) is 6.96. The van der Waals surface area contributed by atoms with Gasteiger partial charge in [0.1, 0.15) is 0 Å². The summed E-state index contributed by atoms with van der Waals surface area (Å²) >= 11 is 1.62. The molecule has 0 amide bonds. The Labute approximate surface area is 178 Å². The first-order valence-corrected chi connectivity index (χ1v) is 9.24. The van der Waals surface area contributed by atoms with Crippen molar-refractivity contribution in [1.29, 1.82) is 0 Å². The Kier molecular flexibility index (Phi) is 9.51. The molecule has 1 heterocycles. The number of aliphatic imine (C=N–C) groups is 1. The van der Waals surface area contributed by atoms with Crippen LogP contribution in [-0.2, 0) is 19.1 Å². The van der Waals surface area contributed by atoms with Crippen LogP contribution in [0.1, 0.15) is 28.8 Å². The van der Waals surface area contributed by atoms with Crippen LogP contribution in [0.3, 0.4) is 0 Å². The molecule has 0 aliphatic heterocycles. The van der Waals surface area contributed by atoms with Crippen LogP contribution in [0.2, 0.25) is 0 Å². The number of hydrogen-bond donors (Lipinski definition) is 1. The highest BCUT2D eigenvalue weighted by molar-refractivity contribution is 14.0. The van der Waals surface area contributed by atoms with Gasteiger partial charge in [-0.25, -0.2) is 4.98 Å². The van der Waals surface area contributed by atoms with Gasteiger partial charge in [-0.2, -0.15) is 13.2 Å². The third-order valence-corrected chi connectivity index (χ3v) is 4.52. The van der Waals surface area contributed by atoms with Crippen molar-refractivity contribution in [2.75, 3.05) is 20.1 Å². The van der Waals surface area contributed by atoms with Gasteiger partial charge in [0.25, 0.3) is 0 Å². The molecule has 1 aromatic heterocycles. The smallest absolute Gasteiger partial charge is 0.357 e. The highest BCUT2D eigenvalue weighted by Gasteiger charge is 2.29. The van der Waals surface area contributed by atoms with Crippen LogP contribution in [0, 0.1) is 6.92 Å². The molecular formula is C18H24F3IN4S. The third kappa shape index (κ3) is 7.65. The number of thiazole rings is 1. The van der Waals surface area contributed by atoms with E-state index in [1.54, 1.807) is 11.3 Å². The van der Waals surface area contributed by atoms with Crippen LogP contribution in [0.4, 0.5) is 13.2 Å². The fraction of sp³-hybridized carbons (Fsp3) is 0.444. The Bertz CT molecular complexity index is 729. The number of nitrogens with zero attached hydrogens (tertiary/aromatic N) is 3. The van der Waals surface area contributed by atoms with Crippen molar-refractivity contribution in [3.8, 4) is 0 Å². The van der Waals surface area contributed by atoms with E-state index in [1.807, 2.05) is 31.2 Å². The van der Waals surface area contributed by atoms with E-state index in [0.717, 1.165) is 40.8 Å². The molecule has 0 spiro atoms. The van der Waals surface area contributed by atoms with Crippen molar-refractivity contribution in [3.05, 3.63) is 51.5 Å². The lowest BCUT2D eigenvalue weighted by molar-refractivity contribution is -0.137. The predicted molar refractivity (Wildman–Crippen MR) is 115 cm³/mol. The lowest BCUT2D eigenvalue weighted by Gasteiger charge is -2.22. The summed E-state index contributed by atoms with van der Waals surface area (Å²) in [7, 11) is 1.87. The Morgan fingerprint density at radius 1 is 1.26 bits per heavy atom. The van der Waals surface area contributed by atoms with Gasteiger partial charge in [-0.05, 0) is 31.5 Å². The van der Waals surface area contributed by atoms with E-state index in [4.69, 9.17) is 0 Å². The third-order valence-electron chi connectivity index (χ3n) is 3.69. The molecule has 1 aromatic carbocycles. The van der Waals surface area contributed by atoms with Crippen LogP contribution in [-0.4, -0.2) is 36.0 Å². The van der Waals surface area contributed by atoms with Gasteiger partial charge in [-0.15, -0.1) is 35.3 Å². The summed E-state index contributed by atoms with van der Waals surface area (Å²) in [6.07, 6.45) is -3.55. The van der Waals surface area contributed by atoms with E-state index in [2.05, 4.69) is 15.3 Å². The first kappa shape index (κ1) is 23.7. The lowest BCUT2D eigenvalue weighted by atomic mass is 10.1. The molecule has 0 atom stereocenters. The minimum atomic E-state index is -4.31. The standard InChI is InChI=1S/C18H23F3N4S.HI/c1-4-22-17(23-10-9-16-12-26-13(2)24-16)25(3)11-14-5-7-15(8-6-14)18(19,20)21;/h5-8,12H,4,9-11H2,1-3H3,(H,22,23);1H. The van der Waals surface area contributed by atoms with E-state index in [9.17, 15) is 13.2 Å². The molecule has 27 heavy (non-hydrogen) atoms. The van der Waals surface area contributed by atoms with Crippen molar-refractivity contribution < 1.29 is 13.2 Å². The Morgan fingerprint density at radius 3 is 2.44 bits per heavy atom. The number of hydrogen-bond acceptors (Lipinski definition) is 3. The van der Waals surface area contributed by atoms with E-state index < -0.39 is 11.7 Å². The van der Waals surface area contributed by atoms with Gasteiger partial charge in [-0.3, -0.25) is 4.99 Å². The molecule has 0 radical (unpaired) electrons. The number of halogens is 4. The molecule has 9 heteroatoms. The van der Waals surface area contributed by atoms with E-state index >= 15 is 0 Å². The molecule has 4 nitrogen and oxygen atoms in total. The van der Waals surface area contributed by atoms with Gasteiger partial charge in [0.2, 0.25) is 0 Å². The van der Waals surface area contributed by atoms with Crippen LogP contribution in [0.25, 0.3) is 0 Å². The van der Waals surface area contributed by atoms with Crippen LogP contribution in [0.15, 0.2) is 34.6 Å². The van der Waals surface area contributed by atoms with Gasteiger partial charge >= 0.3 is 6.18 Å². The fourth-order valence-electron chi connectivity index (χ4n) is 2.42. The molecule has 0 bridgehead atoms. The van der Waals surface area contributed by atoms with Crippen LogP contribution < -0.4 is 5.32 Å². The zero-order valence-electron chi connectivity index (χ0n) is 15.5. The predicted octanol–water partition coefficient (Wildman–Crippen LogP) is 4.73. The SMILES string of the molecule is CCNC(=NCCc1csc(C)n1)N(C)Cc1ccc(C(F)(F)F)cc1.I. The molecule has 1 N–H and O–H groups in total. The number of alkyl halides is 3. The summed E-state index contributed by atoms with van der Waals surface area (Å²) in [5.74, 6) is 0.722. The molecule has 2 aromatic rings. The van der Waals surface area contributed by atoms with Gasteiger partial charge in [0, 0.05) is 38.5 Å². The van der Waals surface area contributed by atoms with Gasteiger partial charge in [0.15, 0.2) is 5.96 Å². The van der Waals surface area contributed by atoms with Gasteiger partial charge < -0.3 is 10.2 Å². The minimum absolute atomic E-state index is 0. The van der Waals surface area contributed by atoms with E-state index in [0.29, 0.717) is 19.6 Å². The van der Waals surface area contributed by atoms with Crippen molar-refractivity contribution in [1.82, 2.24) is 15.2 Å². The second kappa shape index (κ2) is 10.8. The molecule has 0 saturated carbocycles. The summed E-state index contributed by atoms with van der Waals surface area (Å²) in [6, 6.07) is 5.22. The number of aromatic nitrogens is 1. The summed E-state index contributed by atoms with van der Waals surface area (Å²) in [4.78, 5) is 10.9. The summed E-state index contributed by atoms with van der Waals surface area (Å²) < 4.78 is 37.9. The Morgan fingerprint density at radius 2 is 1.93 bits per heavy atom. The number of benzene rings is 1. The minimum Gasteiger partial charge on any atom is -0.357 e. The maximum absolute atomic E-state index is 12.6. The zero-order valence-corrected chi connectivity index (χ0v) is 18.7. The number of rotatable bonds is 6. The Hall–Kier alpha value is -1.36.